The quantitative estimate of drug-likeness (QED) is 0.753. The number of ketones is 1. The van der Waals surface area contributed by atoms with E-state index in [1.807, 2.05) is 27.7 Å². The highest BCUT2D eigenvalue weighted by Gasteiger charge is 2.19. The van der Waals surface area contributed by atoms with E-state index in [0.717, 1.165) is 5.56 Å². The first-order chi connectivity index (χ1) is 7.74. The molecule has 0 aromatic heterocycles. The molecule has 0 saturated heterocycles. The third kappa shape index (κ3) is 3.74. The van der Waals surface area contributed by atoms with Crippen LogP contribution >= 0.6 is 11.6 Å². The SMILES string of the molecule is COc1cc(C)c(C(=O)CC(C)(C)C)cc1Cl. The summed E-state index contributed by atoms with van der Waals surface area (Å²) < 4.78 is 5.12. The highest BCUT2D eigenvalue weighted by molar-refractivity contribution is 6.32. The number of hydrogen-bond donors (Lipinski definition) is 0. The van der Waals surface area contributed by atoms with Gasteiger partial charge >= 0.3 is 0 Å². The second-order valence-electron chi connectivity index (χ2n) is 5.46. The van der Waals surface area contributed by atoms with E-state index in [0.29, 0.717) is 22.8 Å². The van der Waals surface area contributed by atoms with Gasteiger partial charge in [0.2, 0.25) is 0 Å². The fourth-order valence-corrected chi connectivity index (χ4v) is 1.93. The van der Waals surface area contributed by atoms with Gasteiger partial charge in [0.1, 0.15) is 5.75 Å². The third-order valence-electron chi connectivity index (χ3n) is 2.49. The summed E-state index contributed by atoms with van der Waals surface area (Å²) in [6, 6.07) is 3.50. The Morgan fingerprint density at radius 2 is 1.94 bits per heavy atom. The molecule has 1 rings (SSSR count). The molecule has 0 radical (unpaired) electrons. The largest absolute Gasteiger partial charge is 0.495 e. The van der Waals surface area contributed by atoms with Gasteiger partial charge in [-0.15, -0.1) is 0 Å². The molecule has 0 aliphatic rings. The number of Topliss-reactive ketones (excluding diaryl/α,β-unsaturated/α-hetero) is 1. The van der Waals surface area contributed by atoms with Crippen molar-refractivity contribution in [2.24, 2.45) is 5.41 Å². The maximum Gasteiger partial charge on any atom is 0.163 e. The summed E-state index contributed by atoms with van der Waals surface area (Å²) in [6.07, 6.45) is 0.510. The molecule has 0 spiro atoms. The van der Waals surface area contributed by atoms with Crippen LogP contribution in [-0.4, -0.2) is 12.9 Å². The molecule has 0 bridgehead atoms. The normalized spacial score (nSPS) is 11.4. The molecule has 0 aliphatic heterocycles. The Balaban J connectivity index is 3.07. The van der Waals surface area contributed by atoms with Crippen molar-refractivity contribution in [3.8, 4) is 5.75 Å². The average Bonchev–Trinajstić information content (AvgIpc) is 2.18. The van der Waals surface area contributed by atoms with Crippen molar-refractivity contribution in [2.45, 2.75) is 34.1 Å². The lowest BCUT2D eigenvalue weighted by atomic mass is 9.87. The van der Waals surface area contributed by atoms with Crippen LogP contribution in [-0.2, 0) is 0 Å². The Labute approximate surface area is 108 Å². The first-order valence-corrected chi connectivity index (χ1v) is 6.00. The topological polar surface area (TPSA) is 26.3 Å². The predicted octanol–water partition coefficient (Wildman–Crippen LogP) is 4.28. The van der Waals surface area contributed by atoms with Crippen molar-refractivity contribution in [1.82, 2.24) is 0 Å². The van der Waals surface area contributed by atoms with Crippen LogP contribution in [0, 0.1) is 12.3 Å². The van der Waals surface area contributed by atoms with Crippen LogP contribution < -0.4 is 4.74 Å². The minimum absolute atomic E-state index is 0.0179. The third-order valence-corrected chi connectivity index (χ3v) is 2.79. The molecular formula is C14H19ClO2. The van der Waals surface area contributed by atoms with Gasteiger partial charge in [-0.2, -0.15) is 0 Å². The first kappa shape index (κ1) is 14.0. The van der Waals surface area contributed by atoms with Gasteiger partial charge in [0.15, 0.2) is 5.78 Å². The maximum absolute atomic E-state index is 12.1. The molecule has 2 nitrogen and oxygen atoms in total. The number of ether oxygens (including phenoxy) is 1. The summed E-state index contributed by atoms with van der Waals surface area (Å²) in [5, 5.41) is 0.482. The number of halogens is 1. The lowest BCUT2D eigenvalue weighted by Gasteiger charge is -2.18. The molecular weight excluding hydrogens is 236 g/mol. The van der Waals surface area contributed by atoms with E-state index in [-0.39, 0.29) is 11.2 Å². The smallest absolute Gasteiger partial charge is 0.163 e. The summed E-state index contributed by atoms with van der Waals surface area (Å²) in [4.78, 5) is 12.1. The zero-order valence-electron chi connectivity index (χ0n) is 11.1. The van der Waals surface area contributed by atoms with Crippen molar-refractivity contribution in [3.63, 3.8) is 0 Å². The molecule has 3 heteroatoms. The van der Waals surface area contributed by atoms with E-state index in [1.54, 1.807) is 19.2 Å². The molecule has 0 unspecified atom stereocenters. The van der Waals surface area contributed by atoms with Crippen molar-refractivity contribution < 1.29 is 9.53 Å². The summed E-state index contributed by atoms with van der Waals surface area (Å²) in [6.45, 7) is 8.04. The lowest BCUT2D eigenvalue weighted by Crippen LogP contribution is -2.14. The number of rotatable bonds is 3. The van der Waals surface area contributed by atoms with Crippen molar-refractivity contribution in [1.29, 1.82) is 0 Å². The van der Waals surface area contributed by atoms with Gasteiger partial charge in [-0.1, -0.05) is 32.4 Å². The molecule has 0 amide bonds. The fraction of sp³-hybridized carbons (Fsp3) is 0.500. The number of carbonyl (C=O) groups is 1. The van der Waals surface area contributed by atoms with Crippen molar-refractivity contribution in [3.05, 3.63) is 28.3 Å². The van der Waals surface area contributed by atoms with E-state index in [9.17, 15) is 4.79 Å². The van der Waals surface area contributed by atoms with Crippen LogP contribution in [0.5, 0.6) is 5.75 Å². The van der Waals surface area contributed by atoms with Gasteiger partial charge in [-0.25, -0.2) is 0 Å². The van der Waals surface area contributed by atoms with Gasteiger partial charge in [0.25, 0.3) is 0 Å². The molecule has 0 saturated carbocycles. The molecule has 1 aromatic rings. The summed E-state index contributed by atoms with van der Waals surface area (Å²) in [7, 11) is 1.57. The van der Waals surface area contributed by atoms with Crippen LogP contribution in [0.25, 0.3) is 0 Å². The second kappa shape index (κ2) is 5.09. The monoisotopic (exact) mass is 254 g/mol. The number of methoxy groups -OCH3 is 1. The Morgan fingerprint density at radius 3 is 2.41 bits per heavy atom. The van der Waals surface area contributed by atoms with E-state index in [1.165, 1.54) is 0 Å². The first-order valence-electron chi connectivity index (χ1n) is 5.62. The van der Waals surface area contributed by atoms with Crippen LogP contribution in [0.1, 0.15) is 43.1 Å². The minimum atomic E-state index is -0.0179. The number of benzene rings is 1. The van der Waals surface area contributed by atoms with Gasteiger partial charge in [0.05, 0.1) is 12.1 Å². The molecule has 0 fully saturated rings. The molecule has 17 heavy (non-hydrogen) atoms. The van der Waals surface area contributed by atoms with Crippen LogP contribution in [0.3, 0.4) is 0 Å². The zero-order chi connectivity index (χ0) is 13.2. The van der Waals surface area contributed by atoms with E-state index >= 15 is 0 Å². The Bertz CT molecular complexity index is 431. The predicted molar refractivity (Wildman–Crippen MR) is 71.1 cm³/mol. The maximum atomic E-state index is 12.1. The molecule has 0 atom stereocenters. The Kier molecular flexibility index (Phi) is 4.21. The lowest BCUT2D eigenvalue weighted by molar-refractivity contribution is 0.0939. The van der Waals surface area contributed by atoms with Crippen molar-refractivity contribution >= 4 is 17.4 Å². The van der Waals surface area contributed by atoms with E-state index in [4.69, 9.17) is 16.3 Å². The molecule has 0 aliphatic carbocycles. The second-order valence-corrected chi connectivity index (χ2v) is 5.87. The highest BCUT2D eigenvalue weighted by atomic mass is 35.5. The number of aryl methyl sites for hydroxylation is 1. The average molecular weight is 255 g/mol. The number of carbonyl (C=O) groups excluding carboxylic acids is 1. The van der Waals surface area contributed by atoms with Crippen molar-refractivity contribution in [2.75, 3.05) is 7.11 Å². The summed E-state index contributed by atoms with van der Waals surface area (Å²) in [5.74, 6) is 0.732. The molecule has 0 N–H and O–H groups in total. The standard InChI is InChI=1S/C14H19ClO2/c1-9-6-13(17-5)11(15)7-10(9)12(16)8-14(2,3)4/h6-7H,8H2,1-5H3. The summed E-state index contributed by atoms with van der Waals surface area (Å²) in [5.41, 5.74) is 1.57. The molecule has 94 valence electrons. The van der Waals surface area contributed by atoms with Gasteiger partial charge in [-0.05, 0) is 30.0 Å². The van der Waals surface area contributed by atoms with Crippen LogP contribution in [0.2, 0.25) is 5.02 Å². The fourth-order valence-electron chi connectivity index (χ4n) is 1.69. The number of hydrogen-bond acceptors (Lipinski definition) is 2. The molecule has 1 aromatic carbocycles. The van der Waals surface area contributed by atoms with Gasteiger partial charge < -0.3 is 4.74 Å². The molecule has 0 heterocycles. The minimum Gasteiger partial charge on any atom is -0.495 e. The Morgan fingerprint density at radius 1 is 1.35 bits per heavy atom. The Hall–Kier alpha value is -1.02. The van der Waals surface area contributed by atoms with Crippen LogP contribution in [0.15, 0.2) is 12.1 Å². The van der Waals surface area contributed by atoms with E-state index < -0.39 is 0 Å². The van der Waals surface area contributed by atoms with Crippen LogP contribution in [0.4, 0.5) is 0 Å². The van der Waals surface area contributed by atoms with Gasteiger partial charge in [0, 0.05) is 12.0 Å². The summed E-state index contributed by atoms with van der Waals surface area (Å²) >= 11 is 6.04. The van der Waals surface area contributed by atoms with E-state index in [2.05, 4.69) is 0 Å². The van der Waals surface area contributed by atoms with Gasteiger partial charge in [-0.3, -0.25) is 4.79 Å². The highest BCUT2D eigenvalue weighted by Crippen LogP contribution is 2.30. The zero-order valence-corrected chi connectivity index (χ0v) is 11.8.